The third-order valence-electron chi connectivity index (χ3n) is 6.44. The second kappa shape index (κ2) is 7.00. The lowest BCUT2D eigenvalue weighted by Crippen LogP contribution is -2.54. The van der Waals surface area contributed by atoms with Gasteiger partial charge in [-0.15, -0.1) is 11.8 Å². The van der Waals surface area contributed by atoms with Crippen molar-refractivity contribution in [3.05, 3.63) is 0 Å². The van der Waals surface area contributed by atoms with Gasteiger partial charge in [0, 0.05) is 31.8 Å². The van der Waals surface area contributed by atoms with E-state index in [0.29, 0.717) is 17.0 Å². The van der Waals surface area contributed by atoms with E-state index < -0.39 is 0 Å². The van der Waals surface area contributed by atoms with E-state index in [1.54, 1.807) is 0 Å². The van der Waals surface area contributed by atoms with Crippen LogP contribution in [0.3, 0.4) is 0 Å². The van der Waals surface area contributed by atoms with Crippen molar-refractivity contribution < 1.29 is 0 Å². The first kappa shape index (κ1) is 16.3. The monoisotopic (exact) mass is 353 g/mol. The maximum atomic E-state index is 3.80. The summed E-state index contributed by atoms with van der Waals surface area (Å²) in [6.45, 7) is 4.48. The average Bonchev–Trinajstić information content (AvgIpc) is 3.32. The molecule has 0 aromatic carbocycles. The summed E-state index contributed by atoms with van der Waals surface area (Å²) < 4.78 is 0. The predicted octanol–water partition coefficient (Wildman–Crippen LogP) is -0.243. The molecule has 5 rings (SSSR count). The van der Waals surface area contributed by atoms with Gasteiger partial charge in [-0.2, -0.15) is 5.01 Å². The highest BCUT2D eigenvalue weighted by atomic mass is 32.2. The van der Waals surface area contributed by atoms with Crippen molar-refractivity contribution in [3.8, 4) is 0 Å². The highest BCUT2D eigenvalue weighted by Crippen LogP contribution is 2.35. The zero-order chi connectivity index (χ0) is 15.9. The summed E-state index contributed by atoms with van der Waals surface area (Å²) in [4.78, 5) is 2.66. The molecule has 1 aliphatic carbocycles. The number of piperidine rings is 1. The second-order valence-electron chi connectivity index (χ2n) is 7.95. The van der Waals surface area contributed by atoms with Crippen LogP contribution >= 0.6 is 11.8 Å². The molecule has 0 amide bonds. The molecule has 7 nitrogen and oxygen atoms in total. The molecular formula is C16H31N7S. The predicted molar refractivity (Wildman–Crippen MR) is 96.5 cm³/mol. The fourth-order valence-corrected chi connectivity index (χ4v) is 6.48. The van der Waals surface area contributed by atoms with Gasteiger partial charge in [-0.3, -0.25) is 10.2 Å². The Kier molecular flexibility index (Phi) is 4.74. The summed E-state index contributed by atoms with van der Waals surface area (Å²) in [5.74, 6) is 0.743. The Labute approximate surface area is 149 Å². The van der Waals surface area contributed by atoms with Gasteiger partial charge in [0.15, 0.2) is 0 Å². The van der Waals surface area contributed by atoms with Crippen LogP contribution in [0.5, 0.6) is 0 Å². The van der Waals surface area contributed by atoms with Gasteiger partial charge in [0.1, 0.15) is 11.7 Å². The lowest BCUT2D eigenvalue weighted by atomic mass is 9.91. The van der Waals surface area contributed by atoms with Crippen LogP contribution in [-0.2, 0) is 0 Å². The Bertz CT molecular complexity index is 446. The summed E-state index contributed by atoms with van der Waals surface area (Å²) in [5, 5.41) is 10.3. The van der Waals surface area contributed by atoms with Crippen LogP contribution in [0.1, 0.15) is 38.5 Å². The van der Waals surface area contributed by atoms with E-state index in [1.165, 1.54) is 45.1 Å². The zero-order valence-electron chi connectivity index (χ0n) is 14.3. The first-order valence-corrected chi connectivity index (χ1v) is 10.7. The largest absolute Gasteiger partial charge is 0.316 e. The van der Waals surface area contributed by atoms with Crippen molar-refractivity contribution in [2.24, 2.45) is 5.92 Å². The minimum atomic E-state index is 0.353. The molecule has 5 N–H and O–H groups in total. The third-order valence-corrected chi connectivity index (χ3v) is 7.83. The van der Waals surface area contributed by atoms with Crippen molar-refractivity contribution in [2.75, 3.05) is 26.3 Å². The molecule has 8 heteroatoms. The fourth-order valence-electron chi connectivity index (χ4n) is 5.09. The Morgan fingerprint density at radius 1 is 1.04 bits per heavy atom. The molecule has 0 spiro atoms. The maximum Gasteiger partial charge on any atom is 0.136 e. The van der Waals surface area contributed by atoms with Crippen molar-refractivity contribution in [2.45, 2.75) is 67.6 Å². The standard InChI is InChI=1S/C16H31N7S/c1-2-6-13-12(5-1)18-10-22(13)9-14-19-20-16-23(14)21-15(24-16)11-4-3-7-17-8-11/h11-21H,1-10H2. The van der Waals surface area contributed by atoms with Crippen LogP contribution in [0.2, 0.25) is 0 Å². The molecule has 5 aliphatic rings. The molecule has 4 aliphatic heterocycles. The molecule has 0 aromatic heterocycles. The highest BCUT2D eigenvalue weighted by molar-refractivity contribution is 8.00. The quantitative estimate of drug-likeness (QED) is 0.476. The highest BCUT2D eigenvalue weighted by Gasteiger charge is 2.46. The van der Waals surface area contributed by atoms with E-state index in [4.69, 9.17) is 0 Å². The second-order valence-corrected chi connectivity index (χ2v) is 9.17. The number of fused-ring (bicyclic) bond motifs is 2. The van der Waals surface area contributed by atoms with Crippen molar-refractivity contribution >= 4 is 11.8 Å². The molecule has 6 unspecified atom stereocenters. The molecule has 1 saturated carbocycles. The Balaban J connectivity index is 1.19. The first-order valence-electron chi connectivity index (χ1n) is 9.78. The summed E-state index contributed by atoms with van der Waals surface area (Å²) in [7, 11) is 0. The van der Waals surface area contributed by atoms with Gasteiger partial charge in [-0.25, -0.2) is 16.3 Å². The minimum absolute atomic E-state index is 0.353. The molecule has 4 saturated heterocycles. The van der Waals surface area contributed by atoms with E-state index in [9.17, 15) is 0 Å². The van der Waals surface area contributed by atoms with Crippen LogP contribution in [0, 0.1) is 5.92 Å². The Morgan fingerprint density at radius 3 is 2.92 bits per heavy atom. The first-order chi connectivity index (χ1) is 11.9. The number of hydrogen-bond acceptors (Lipinski definition) is 8. The summed E-state index contributed by atoms with van der Waals surface area (Å²) >= 11 is 2.04. The Hall–Kier alpha value is 0.0700. The molecular weight excluding hydrogens is 322 g/mol. The number of rotatable bonds is 3. The van der Waals surface area contributed by atoms with Crippen LogP contribution in [0.4, 0.5) is 0 Å². The van der Waals surface area contributed by atoms with Crippen molar-refractivity contribution in [1.29, 1.82) is 0 Å². The van der Waals surface area contributed by atoms with Gasteiger partial charge in [-0.1, -0.05) is 12.8 Å². The molecule has 0 aromatic rings. The van der Waals surface area contributed by atoms with Crippen LogP contribution in [-0.4, -0.2) is 65.3 Å². The molecule has 136 valence electrons. The van der Waals surface area contributed by atoms with Crippen molar-refractivity contribution in [3.63, 3.8) is 0 Å². The number of nitrogens with zero attached hydrogens (tertiary/aromatic N) is 2. The number of nitrogens with one attached hydrogen (secondary N) is 5. The van der Waals surface area contributed by atoms with Crippen LogP contribution in [0.25, 0.3) is 0 Å². The topological polar surface area (TPSA) is 66.6 Å². The van der Waals surface area contributed by atoms with E-state index >= 15 is 0 Å². The zero-order valence-corrected chi connectivity index (χ0v) is 15.2. The van der Waals surface area contributed by atoms with E-state index in [0.717, 1.165) is 37.8 Å². The molecule has 0 bridgehead atoms. The van der Waals surface area contributed by atoms with Crippen molar-refractivity contribution in [1.82, 2.24) is 36.8 Å². The fraction of sp³-hybridized carbons (Fsp3) is 1.00. The van der Waals surface area contributed by atoms with Gasteiger partial charge >= 0.3 is 0 Å². The lowest BCUT2D eigenvalue weighted by molar-refractivity contribution is 0.0925. The third kappa shape index (κ3) is 3.01. The normalized spacial score (nSPS) is 47.0. The summed E-state index contributed by atoms with van der Waals surface area (Å²) in [6.07, 6.45) is 8.52. The summed E-state index contributed by atoms with van der Waals surface area (Å²) in [6, 6.07) is 1.47. The molecule has 24 heavy (non-hydrogen) atoms. The number of hydrazine groups is 2. The van der Waals surface area contributed by atoms with E-state index in [2.05, 4.69) is 36.8 Å². The van der Waals surface area contributed by atoms with Gasteiger partial charge in [-0.05, 0) is 38.1 Å². The van der Waals surface area contributed by atoms with Gasteiger partial charge < -0.3 is 5.32 Å². The molecule has 5 fully saturated rings. The van der Waals surface area contributed by atoms with E-state index in [1.807, 2.05) is 11.8 Å². The maximum absolute atomic E-state index is 3.80. The van der Waals surface area contributed by atoms with Gasteiger partial charge in [0.25, 0.3) is 0 Å². The number of hydrogen-bond donors (Lipinski definition) is 5. The van der Waals surface area contributed by atoms with Gasteiger partial charge in [0.05, 0.1) is 5.37 Å². The smallest absolute Gasteiger partial charge is 0.136 e. The van der Waals surface area contributed by atoms with Crippen LogP contribution in [0.15, 0.2) is 0 Å². The SMILES string of the molecule is C1CNCC(C2NN3C(CN4CNC5CCCCC54)NNC3S2)C1. The molecule has 4 heterocycles. The Morgan fingerprint density at radius 2 is 2.00 bits per heavy atom. The van der Waals surface area contributed by atoms with E-state index in [-0.39, 0.29) is 0 Å². The average molecular weight is 354 g/mol. The molecule has 0 radical (unpaired) electrons. The lowest BCUT2D eigenvalue weighted by Gasteiger charge is -2.34. The van der Waals surface area contributed by atoms with Gasteiger partial charge in [0.2, 0.25) is 0 Å². The van der Waals surface area contributed by atoms with Crippen LogP contribution < -0.4 is 26.9 Å². The minimum Gasteiger partial charge on any atom is -0.316 e. The molecule has 6 atom stereocenters. The number of thioether (sulfide) groups is 1. The summed E-state index contributed by atoms with van der Waals surface area (Å²) in [5.41, 5.74) is 11.2.